The number of nitrogen functional groups attached to an aromatic ring is 1. The van der Waals surface area contributed by atoms with Gasteiger partial charge in [0.2, 0.25) is 12.1 Å². The molecule has 9 nitrogen and oxygen atoms in total. The van der Waals surface area contributed by atoms with Crippen LogP contribution in [0.4, 0.5) is 5.13 Å². The summed E-state index contributed by atoms with van der Waals surface area (Å²) in [5.41, 5.74) is 5.61. The Balaban J connectivity index is 1.94. The molecule has 1 aromatic carbocycles. The second-order valence-corrected chi connectivity index (χ2v) is 7.15. The molecule has 0 aliphatic carbocycles. The summed E-state index contributed by atoms with van der Waals surface area (Å²) in [6, 6.07) is 8.79. The van der Waals surface area contributed by atoms with Gasteiger partial charge in [-0.2, -0.15) is 0 Å². The Bertz CT molecular complexity index is 779. The Morgan fingerprint density at radius 3 is 2.67 bits per heavy atom. The molecule has 4 N–H and O–H groups in total. The maximum atomic E-state index is 11.8. The van der Waals surface area contributed by atoms with Crippen LogP contribution in [0, 0.1) is 0 Å². The van der Waals surface area contributed by atoms with Crippen molar-refractivity contribution in [3.05, 3.63) is 47.0 Å². The fourth-order valence-electron chi connectivity index (χ4n) is 1.55. The summed E-state index contributed by atoms with van der Waals surface area (Å²) in [4.78, 5) is 29.2. The third-order valence-corrected chi connectivity index (χ3v) is 4.27. The van der Waals surface area contributed by atoms with Gasteiger partial charge in [-0.3, -0.25) is 4.57 Å². The SMILES string of the molecule is Nc1nc(C(=NOCP(=O)(O)OCc2ccccc2)C(=O)O)cs1. The maximum Gasteiger partial charge on any atom is 0.368 e. The van der Waals surface area contributed by atoms with Crippen LogP contribution < -0.4 is 5.73 Å². The van der Waals surface area contributed by atoms with Gasteiger partial charge in [0, 0.05) is 5.38 Å². The minimum Gasteiger partial charge on any atom is -0.476 e. The zero-order valence-corrected chi connectivity index (χ0v) is 13.9. The topological polar surface area (TPSA) is 144 Å². The van der Waals surface area contributed by atoms with Gasteiger partial charge in [0.15, 0.2) is 5.13 Å². The van der Waals surface area contributed by atoms with Crippen molar-refractivity contribution >= 4 is 35.7 Å². The first-order chi connectivity index (χ1) is 11.4. The third kappa shape index (κ3) is 5.43. The number of aromatic nitrogens is 1. The molecular formula is C13H14N3O6PS. The van der Waals surface area contributed by atoms with E-state index >= 15 is 0 Å². The molecule has 1 heterocycles. The number of thiazole rings is 1. The largest absolute Gasteiger partial charge is 0.476 e. The van der Waals surface area contributed by atoms with Crippen molar-refractivity contribution < 1.29 is 28.7 Å². The number of carboxylic acid groups (broad SMARTS) is 1. The van der Waals surface area contributed by atoms with Gasteiger partial charge in [0.1, 0.15) is 5.69 Å². The zero-order valence-electron chi connectivity index (χ0n) is 12.2. The Kier molecular flexibility index (Phi) is 6.04. The molecule has 0 radical (unpaired) electrons. The molecule has 1 unspecified atom stereocenters. The van der Waals surface area contributed by atoms with Crippen molar-refractivity contribution in [2.45, 2.75) is 6.61 Å². The zero-order chi connectivity index (χ0) is 17.6. The average molecular weight is 371 g/mol. The van der Waals surface area contributed by atoms with E-state index < -0.39 is 25.6 Å². The van der Waals surface area contributed by atoms with E-state index in [1.807, 2.05) is 0 Å². The Labute approximate surface area is 140 Å². The second kappa shape index (κ2) is 8.02. The van der Waals surface area contributed by atoms with Crippen LogP contribution in [-0.2, 0) is 25.3 Å². The molecule has 24 heavy (non-hydrogen) atoms. The van der Waals surface area contributed by atoms with Crippen LogP contribution in [0.5, 0.6) is 0 Å². The number of carboxylic acids is 1. The molecule has 128 valence electrons. The Hall–Kier alpha value is -2.26. The van der Waals surface area contributed by atoms with Gasteiger partial charge in [0.05, 0.1) is 6.61 Å². The lowest BCUT2D eigenvalue weighted by atomic mass is 10.2. The van der Waals surface area contributed by atoms with Gasteiger partial charge in [-0.25, -0.2) is 9.78 Å². The van der Waals surface area contributed by atoms with E-state index in [1.165, 1.54) is 5.38 Å². The highest BCUT2D eigenvalue weighted by atomic mass is 32.1. The number of aliphatic carboxylic acids is 1. The van der Waals surface area contributed by atoms with Gasteiger partial charge in [-0.1, -0.05) is 35.5 Å². The van der Waals surface area contributed by atoms with Gasteiger partial charge < -0.3 is 25.1 Å². The molecule has 1 atom stereocenters. The minimum absolute atomic E-state index is 0.00276. The lowest BCUT2D eigenvalue weighted by Gasteiger charge is -2.11. The van der Waals surface area contributed by atoms with Crippen LogP contribution in [-0.4, -0.2) is 33.0 Å². The van der Waals surface area contributed by atoms with Gasteiger partial charge >= 0.3 is 13.6 Å². The van der Waals surface area contributed by atoms with Crippen LogP contribution in [0.25, 0.3) is 0 Å². The minimum atomic E-state index is -4.10. The number of rotatable bonds is 8. The summed E-state index contributed by atoms with van der Waals surface area (Å²) in [5, 5.41) is 14.0. The van der Waals surface area contributed by atoms with Crippen molar-refractivity contribution in [3.8, 4) is 0 Å². The van der Waals surface area contributed by atoms with Crippen LogP contribution in [0.2, 0.25) is 0 Å². The average Bonchev–Trinajstić information content (AvgIpc) is 2.96. The number of nitrogens with two attached hydrogens (primary N) is 1. The van der Waals surface area contributed by atoms with E-state index in [9.17, 15) is 14.3 Å². The summed E-state index contributed by atoms with van der Waals surface area (Å²) < 4.78 is 16.7. The van der Waals surface area contributed by atoms with Gasteiger partial charge in [-0.15, -0.1) is 11.3 Å². The molecular weight excluding hydrogens is 357 g/mol. The van der Waals surface area contributed by atoms with Crippen molar-refractivity contribution in [1.82, 2.24) is 4.98 Å². The Morgan fingerprint density at radius 2 is 2.08 bits per heavy atom. The van der Waals surface area contributed by atoms with E-state index in [0.717, 1.165) is 11.3 Å². The molecule has 0 bridgehead atoms. The van der Waals surface area contributed by atoms with Crippen LogP contribution in [0.3, 0.4) is 0 Å². The molecule has 0 aliphatic heterocycles. The van der Waals surface area contributed by atoms with Gasteiger partial charge in [-0.05, 0) is 5.56 Å². The standard InChI is InChI=1S/C13H14N3O6PS/c14-13-15-10(7-24-13)11(12(17)18)16-21-8-23(19,20)22-6-9-4-2-1-3-5-9/h1-5,7H,6,8H2,(H2,14,15)(H,17,18)(H,19,20). The van der Waals surface area contributed by atoms with Crippen molar-refractivity contribution in [1.29, 1.82) is 0 Å². The van der Waals surface area contributed by atoms with Crippen molar-refractivity contribution in [2.24, 2.45) is 5.16 Å². The highest BCUT2D eigenvalue weighted by Gasteiger charge is 2.22. The summed E-state index contributed by atoms with van der Waals surface area (Å²) in [5.74, 6) is -1.40. The van der Waals surface area contributed by atoms with Crippen molar-refractivity contribution in [2.75, 3.05) is 12.1 Å². The monoisotopic (exact) mass is 371 g/mol. The van der Waals surface area contributed by atoms with E-state index in [1.54, 1.807) is 30.3 Å². The van der Waals surface area contributed by atoms with Crippen molar-refractivity contribution in [3.63, 3.8) is 0 Å². The second-order valence-electron chi connectivity index (χ2n) is 4.47. The quantitative estimate of drug-likeness (QED) is 0.362. The van der Waals surface area contributed by atoms with Gasteiger partial charge in [0.25, 0.3) is 0 Å². The molecule has 2 aromatic rings. The lowest BCUT2D eigenvalue weighted by molar-refractivity contribution is -0.129. The summed E-state index contributed by atoms with van der Waals surface area (Å²) in [7, 11) is -4.10. The first-order valence-electron chi connectivity index (χ1n) is 6.52. The molecule has 11 heteroatoms. The first kappa shape index (κ1) is 18.1. The number of nitrogens with zero attached hydrogens (tertiary/aromatic N) is 2. The fourth-order valence-corrected chi connectivity index (χ4v) is 2.72. The van der Waals surface area contributed by atoms with E-state index in [0.29, 0.717) is 5.56 Å². The summed E-state index contributed by atoms with van der Waals surface area (Å²) in [6.07, 6.45) is -0.795. The van der Waals surface area contributed by atoms with E-state index in [2.05, 4.69) is 15.0 Å². The third-order valence-electron chi connectivity index (χ3n) is 2.62. The summed E-state index contributed by atoms with van der Waals surface area (Å²) >= 11 is 1.03. The van der Waals surface area contributed by atoms with E-state index in [-0.39, 0.29) is 17.4 Å². The smallest absolute Gasteiger partial charge is 0.368 e. The number of anilines is 1. The molecule has 0 saturated carbocycles. The van der Waals surface area contributed by atoms with Crippen LogP contribution in [0.1, 0.15) is 11.3 Å². The predicted molar refractivity (Wildman–Crippen MR) is 87.7 cm³/mol. The molecule has 1 aromatic heterocycles. The highest BCUT2D eigenvalue weighted by molar-refractivity contribution is 7.52. The number of hydrogen-bond acceptors (Lipinski definition) is 8. The molecule has 0 aliphatic rings. The number of hydrogen-bond donors (Lipinski definition) is 3. The summed E-state index contributed by atoms with van der Waals surface area (Å²) in [6.45, 7) is -0.0872. The Morgan fingerprint density at radius 1 is 1.38 bits per heavy atom. The number of carbonyl (C=O) groups is 1. The molecule has 0 amide bonds. The molecule has 0 spiro atoms. The predicted octanol–water partition coefficient (Wildman–Crippen LogP) is 1.89. The van der Waals surface area contributed by atoms with E-state index in [4.69, 9.17) is 15.4 Å². The molecule has 2 rings (SSSR count). The number of oxime groups is 1. The maximum absolute atomic E-state index is 11.8. The van der Waals surface area contributed by atoms with Crippen LogP contribution >= 0.6 is 18.9 Å². The molecule has 0 fully saturated rings. The molecule has 0 saturated heterocycles. The fraction of sp³-hybridized carbons (Fsp3) is 0.154. The normalized spacial score (nSPS) is 14.1. The van der Waals surface area contributed by atoms with Crippen LogP contribution in [0.15, 0.2) is 40.9 Å². The first-order valence-corrected chi connectivity index (χ1v) is 9.16. The number of benzene rings is 1. The highest BCUT2D eigenvalue weighted by Crippen LogP contribution is 2.42. The lowest BCUT2D eigenvalue weighted by Crippen LogP contribution is -2.16.